The molecule has 2 aromatic carbocycles. The van der Waals surface area contributed by atoms with Gasteiger partial charge in [0.1, 0.15) is 11.5 Å². The minimum atomic E-state index is -0.262. The van der Waals surface area contributed by atoms with E-state index in [0.717, 1.165) is 16.9 Å². The number of pyridine rings is 1. The molecule has 4 nitrogen and oxygen atoms in total. The topological polar surface area (TPSA) is 54.0 Å². The molecule has 0 unspecified atom stereocenters. The van der Waals surface area contributed by atoms with Gasteiger partial charge in [-0.25, -0.2) is 9.37 Å². The fraction of sp³-hybridized carbons (Fsp3) is 0.182. The third kappa shape index (κ3) is 5.38. The summed E-state index contributed by atoms with van der Waals surface area (Å²) < 4.78 is 12.9. The highest BCUT2D eigenvalue weighted by atomic mass is 19.1. The number of nitrogens with zero attached hydrogens (tertiary/aromatic N) is 1. The summed E-state index contributed by atoms with van der Waals surface area (Å²) in [4.78, 5) is 16.4. The molecule has 1 heterocycles. The number of carbonyl (C=O) groups is 1. The van der Waals surface area contributed by atoms with Crippen LogP contribution in [0.5, 0.6) is 0 Å². The van der Waals surface area contributed by atoms with Crippen LogP contribution in [-0.2, 0) is 6.42 Å². The molecule has 3 rings (SSSR count). The van der Waals surface area contributed by atoms with E-state index < -0.39 is 0 Å². The minimum absolute atomic E-state index is 0.227. The predicted octanol–water partition coefficient (Wildman–Crippen LogP) is 4.55. The van der Waals surface area contributed by atoms with Gasteiger partial charge in [0.2, 0.25) is 0 Å². The first-order valence-corrected chi connectivity index (χ1v) is 8.83. The number of carbonyl (C=O) groups excluding carboxylic acids is 1. The first kappa shape index (κ1) is 18.6. The van der Waals surface area contributed by atoms with Gasteiger partial charge in [-0.2, -0.15) is 0 Å². The van der Waals surface area contributed by atoms with Gasteiger partial charge in [-0.3, -0.25) is 4.79 Å². The third-order valence-electron chi connectivity index (χ3n) is 4.12. The molecule has 0 fully saturated rings. The maximum atomic E-state index is 12.9. The van der Waals surface area contributed by atoms with Crippen LogP contribution in [0.3, 0.4) is 0 Å². The van der Waals surface area contributed by atoms with Crippen LogP contribution in [0.15, 0.2) is 60.8 Å². The van der Waals surface area contributed by atoms with Gasteiger partial charge in [0.05, 0.1) is 11.9 Å². The Balaban J connectivity index is 1.54. The number of amides is 1. The molecular weight excluding hydrogens is 341 g/mol. The van der Waals surface area contributed by atoms with Crippen molar-refractivity contribution in [1.82, 2.24) is 10.3 Å². The molecule has 0 aliphatic carbocycles. The maximum Gasteiger partial charge on any atom is 0.269 e. The Morgan fingerprint density at radius 2 is 1.67 bits per heavy atom. The third-order valence-corrected chi connectivity index (χ3v) is 4.12. The smallest absolute Gasteiger partial charge is 0.269 e. The Labute approximate surface area is 158 Å². The van der Waals surface area contributed by atoms with Gasteiger partial charge in [0, 0.05) is 12.2 Å². The van der Waals surface area contributed by atoms with Crippen molar-refractivity contribution in [3.8, 4) is 0 Å². The number of nitrogens with one attached hydrogen (secondary N) is 2. The minimum Gasteiger partial charge on any atom is -0.354 e. The molecule has 27 heavy (non-hydrogen) atoms. The summed E-state index contributed by atoms with van der Waals surface area (Å²) in [5.41, 5.74) is 5.51. The molecular formula is C22H22FN3O. The second kappa shape index (κ2) is 8.45. The lowest BCUT2D eigenvalue weighted by molar-refractivity contribution is 0.0949. The summed E-state index contributed by atoms with van der Waals surface area (Å²) in [5.74, 6) is -0.489. The number of aromatic nitrogens is 1. The quantitative estimate of drug-likeness (QED) is 0.675. The summed E-state index contributed by atoms with van der Waals surface area (Å²) in [6.07, 6.45) is 2.28. The van der Waals surface area contributed by atoms with Crippen molar-refractivity contribution < 1.29 is 9.18 Å². The van der Waals surface area contributed by atoms with Crippen molar-refractivity contribution in [2.75, 3.05) is 11.9 Å². The highest BCUT2D eigenvalue weighted by molar-refractivity contribution is 5.92. The molecule has 0 bridgehead atoms. The fourth-order valence-electron chi connectivity index (χ4n) is 2.88. The molecule has 138 valence electrons. The van der Waals surface area contributed by atoms with Crippen LogP contribution < -0.4 is 10.6 Å². The predicted molar refractivity (Wildman–Crippen MR) is 106 cm³/mol. The van der Waals surface area contributed by atoms with Crippen molar-refractivity contribution in [2.24, 2.45) is 0 Å². The highest BCUT2D eigenvalue weighted by Crippen LogP contribution is 2.19. The molecule has 0 saturated carbocycles. The van der Waals surface area contributed by atoms with E-state index in [-0.39, 0.29) is 11.7 Å². The molecule has 0 spiro atoms. The van der Waals surface area contributed by atoms with Crippen molar-refractivity contribution in [3.63, 3.8) is 0 Å². The number of aryl methyl sites for hydroxylation is 2. The van der Waals surface area contributed by atoms with Crippen LogP contribution in [-0.4, -0.2) is 17.4 Å². The maximum absolute atomic E-state index is 12.9. The average molecular weight is 363 g/mol. The Morgan fingerprint density at radius 3 is 2.30 bits per heavy atom. The molecule has 5 heteroatoms. The van der Waals surface area contributed by atoms with Gasteiger partial charge in [-0.1, -0.05) is 18.2 Å². The van der Waals surface area contributed by atoms with Crippen LogP contribution in [0.25, 0.3) is 0 Å². The van der Waals surface area contributed by atoms with E-state index >= 15 is 0 Å². The van der Waals surface area contributed by atoms with E-state index in [2.05, 4.69) is 47.7 Å². The number of anilines is 2. The molecule has 2 N–H and O–H groups in total. The van der Waals surface area contributed by atoms with Gasteiger partial charge >= 0.3 is 0 Å². The number of benzene rings is 2. The molecule has 0 aliphatic rings. The average Bonchev–Trinajstić information content (AvgIpc) is 2.63. The van der Waals surface area contributed by atoms with Crippen LogP contribution in [0.2, 0.25) is 0 Å². The highest BCUT2D eigenvalue weighted by Gasteiger charge is 2.07. The first-order valence-electron chi connectivity index (χ1n) is 8.83. The fourth-order valence-corrected chi connectivity index (χ4v) is 2.88. The molecule has 1 amide bonds. The Bertz CT molecular complexity index is 901. The van der Waals surface area contributed by atoms with Crippen molar-refractivity contribution in [1.29, 1.82) is 0 Å². The standard InChI is InChI=1S/C22H22FN3O/c1-15-11-16(2)13-20(12-15)26-19-7-8-21(25-14-19)22(27)24-10-9-17-3-5-18(23)6-4-17/h3-8,11-14,26H,9-10H2,1-2H3,(H,24,27). The van der Waals surface area contributed by atoms with E-state index in [9.17, 15) is 9.18 Å². The Kier molecular flexibility index (Phi) is 5.81. The lowest BCUT2D eigenvalue weighted by Gasteiger charge is -2.09. The summed E-state index contributed by atoms with van der Waals surface area (Å²) in [5, 5.41) is 6.13. The molecule has 0 atom stereocenters. The van der Waals surface area contributed by atoms with E-state index in [0.29, 0.717) is 18.7 Å². The lowest BCUT2D eigenvalue weighted by Crippen LogP contribution is -2.26. The normalized spacial score (nSPS) is 10.5. The van der Waals surface area contributed by atoms with Crippen LogP contribution in [0.4, 0.5) is 15.8 Å². The summed E-state index contributed by atoms with van der Waals surface area (Å²) in [6, 6.07) is 16.0. The zero-order valence-electron chi connectivity index (χ0n) is 15.4. The Hall–Kier alpha value is -3.21. The lowest BCUT2D eigenvalue weighted by atomic mass is 10.1. The largest absolute Gasteiger partial charge is 0.354 e. The molecule has 0 radical (unpaired) electrons. The molecule has 0 saturated heterocycles. The van der Waals surface area contributed by atoms with Crippen molar-refractivity contribution >= 4 is 17.3 Å². The number of rotatable bonds is 6. The monoisotopic (exact) mass is 363 g/mol. The zero-order chi connectivity index (χ0) is 19.2. The zero-order valence-corrected chi connectivity index (χ0v) is 15.4. The molecule has 3 aromatic rings. The number of hydrogen-bond acceptors (Lipinski definition) is 3. The van der Waals surface area contributed by atoms with E-state index in [1.807, 2.05) is 6.07 Å². The van der Waals surface area contributed by atoms with Crippen molar-refractivity contribution in [3.05, 3.63) is 89.0 Å². The summed E-state index contributed by atoms with van der Waals surface area (Å²) >= 11 is 0. The SMILES string of the molecule is Cc1cc(C)cc(Nc2ccc(C(=O)NCCc3ccc(F)cc3)nc2)c1. The van der Waals surface area contributed by atoms with Gasteiger partial charge in [0.15, 0.2) is 0 Å². The van der Waals surface area contributed by atoms with Gasteiger partial charge in [-0.15, -0.1) is 0 Å². The van der Waals surface area contributed by atoms with E-state index in [1.54, 1.807) is 24.4 Å². The van der Waals surface area contributed by atoms with Crippen LogP contribution in [0, 0.1) is 19.7 Å². The summed E-state index contributed by atoms with van der Waals surface area (Å²) in [6.45, 7) is 4.57. The second-order valence-corrected chi connectivity index (χ2v) is 6.57. The number of hydrogen-bond donors (Lipinski definition) is 2. The number of halogens is 1. The van der Waals surface area contributed by atoms with E-state index in [1.165, 1.54) is 23.3 Å². The molecule has 1 aromatic heterocycles. The molecule has 0 aliphatic heterocycles. The first-order chi connectivity index (χ1) is 13.0. The van der Waals surface area contributed by atoms with Crippen LogP contribution in [0.1, 0.15) is 27.2 Å². The van der Waals surface area contributed by atoms with Gasteiger partial charge in [0.25, 0.3) is 5.91 Å². The summed E-state index contributed by atoms with van der Waals surface area (Å²) in [7, 11) is 0. The van der Waals surface area contributed by atoms with Crippen molar-refractivity contribution in [2.45, 2.75) is 20.3 Å². The Morgan fingerprint density at radius 1 is 0.963 bits per heavy atom. The van der Waals surface area contributed by atoms with Gasteiger partial charge in [-0.05, 0) is 73.4 Å². The van der Waals surface area contributed by atoms with Crippen LogP contribution >= 0.6 is 0 Å². The van der Waals surface area contributed by atoms with Gasteiger partial charge < -0.3 is 10.6 Å². The second-order valence-electron chi connectivity index (χ2n) is 6.57. The van der Waals surface area contributed by atoms with E-state index in [4.69, 9.17) is 0 Å².